The normalized spacial score (nSPS) is 17.8. The molecule has 0 aliphatic heterocycles. The first-order valence-electron chi connectivity index (χ1n) is 10.1. The van der Waals surface area contributed by atoms with Crippen molar-refractivity contribution in [3.63, 3.8) is 0 Å². The molecular weight excluding hydrogens is 376 g/mol. The molecule has 0 saturated heterocycles. The number of hydrogen-bond acceptors (Lipinski definition) is 6. The maximum Gasteiger partial charge on any atom is 0.224 e. The Kier molecular flexibility index (Phi) is 4.85. The standard InChI is InChI=1S/C24H22N4O2/c1-15-25-12-21(17-6-8-19(13-29)26-11-17)24(27-15)30-14-18-10-20(18)23-9-7-16-4-2-3-5-22(16)28-23/h2-9,11-12,18,20,29H,10,13-14H2,1H3. The lowest BCUT2D eigenvalue weighted by Gasteiger charge is -2.11. The summed E-state index contributed by atoms with van der Waals surface area (Å²) < 4.78 is 6.14. The van der Waals surface area contributed by atoms with Gasteiger partial charge in [-0.05, 0) is 31.5 Å². The summed E-state index contributed by atoms with van der Waals surface area (Å²) in [6, 6.07) is 16.2. The van der Waals surface area contributed by atoms with E-state index in [1.54, 1.807) is 18.5 Å². The zero-order valence-electron chi connectivity index (χ0n) is 16.7. The molecule has 3 heterocycles. The number of fused-ring (bicyclic) bond motifs is 1. The van der Waals surface area contributed by atoms with E-state index in [0.29, 0.717) is 35.8 Å². The van der Waals surface area contributed by atoms with Crippen LogP contribution in [0.15, 0.2) is 60.9 Å². The zero-order valence-corrected chi connectivity index (χ0v) is 16.7. The van der Waals surface area contributed by atoms with Crippen LogP contribution in [-0.4, -0.2) is 31.6 Å². The summed E-state index contributed by atoms with van der Waals surface area (Å²) in [5.41, 5.74) is 4.46. The largest absolute Gasteiger partial charge is 0.477 e. The van der Waals surface area contributed by atoms with Crippen molar-refractivity contribution in [2.45, 2.75) is 25.9 Å². The summed E-state index contributed by atoms with van der Waals surface area (Å²) in [6.45, 7) is 2.35. The number of aromatic nitrogens is 4. The molecule has 150 valence electrons. The minimum Gasteiger partial charge on any atom is -0.477 e. The smallest absolute Gasteiger partial charge is 0.224 e. The Morgan fingerprint density at radius 3 is 2.73 bits per heavy atom. The van der Waals surface area contributed by atoms with Crippen LogP contribution < -0.4 is 4.74 Å². The van der Waals surface area contributed by atoms with E-state index in [-0.39, 0.29) is 6.61 Å². The first-order valence-corrected chi connectivity index (χ1v) is 10.1. The first-order chi connectivity index (χ1) is 14.7. The van der Waals surface area contributed by atoms with E-state index in [1.807, 2.05) is 25.1 Å². The number of aliphatic hydroxyl groups is 1. The molecular formula is C24H22N4O2. The van der Waals surface area contributed by atoms with Gasteiger partial charge in [-0.2, -0.15) is 4.98 Å². The van der Waals surface area contributed by atoms with Gasteiger partial charge in [-0.15, -0.1) is 0 Å². The molecule has 4 aromatic rings. The van der Waals surface area contributed by atoms with Crippen molar-refractivity contribution in [2.24, 2.45) is 5.92 Å². The molecule has 0 bridgehead atoms. The number of benzene rings is 1. The minimum atomic E-state index is -0.0834. The fourth-order valence-electron chi connectivity index (χ4n) is 3.70. The summed E-state index contributed by atoms with van der Waals surface area (Å²) in [6.07, 6.45) is 4.55. The Labute approximate surface area is 174 Å². The molecule has 1 saturated carbocycles. The third-order valence-electron chi connectivity index (χ3n) is 5.53. The average Bonchev–Trinajstić information content (AvgIpc) is 3.57. The summed E-state index contributed by atoms with van der Waals surface area (Å²) in [5, 5.41) is 10.4. The zero-order chi connectivity index (χ0) is 20.5. The molecule has 5 rings (SSSR count). The molecule has 2 atom stereocenters. The van der Waals surface area contributed by atoms with Crippen molar-refractivity contribution < 1.29 is 9.84 Å². The molecule has 1 N–H and O–H groups in total. The number of hydrogen-bond donors (Lipinski definition) is 1. The van der Waals surface area contributed by atoms with Gasteiger partial charge in [0.05, 0.1) is 30.0 Å². The van der Waals surface area contributed by atoms with E-state index in [9.17, 15) is 5.11 Å². The Morgan fingerprint density at radius 2 is 1.90 bits per heavy atom. The van der Waals surface area contributed by atoms with E-state index >= 15 is 0 Å². The topological polar surface area (TPSA) is 81.0 Å². The summed E-state index contributed by atoms with van der Waals surface area (Å²) in [5.74, 6) is 2.08. The summed E-state index contributed by atoms with van der Waals surface area (Å²) >= 11 is 0. The molecule has 6 nitrogen and oxygen atoms in total. The van der Waals surface area contributed by atoms with Crippen LogP contribution in [0, 0.1) is 12.8 Å². The third-order valence-corrected chi connectivity index (χ3v) is 5.53. The number of pyridine rings is 2. The number of rotatable bonds is 6. The molecule has 1 fully saturated rings. The van der Waals surface area contributed by atoms with Crippen LogP contribution in [-0.2, 0) is 6.61 Å². The summed E-state index contributed by atoms with van der Waals surface area (Å²) in [7, 11) is 0. The quantitative estimate of drug-likeness (QED) is 0.527. The van der Waals surface area contributed by atoms with Gasteiger partial charge in [-0.3, -0.25) is 9.97 Å². The fraction of sp³-hybridized carbons (Fsp3) is 0.250. The van der Waals surface area contributed by atoms with Crippen molar-refractivity contribution in [1.29, 1.82) is 0 Å². The SMILES string of the molecule is Cc1ncc(-c2ccc(CO)nc2)c(OCC2CC2c2ccc3ccccc3n2)n1. The molecule has 0 spiro atoms. The van der Waals surface area contributed by atoms with Crippen LogP contribution in [0.25, 0.3) is 22.0 Å². The van der Waals surface area contributed by atoms with Gasteiger partial charge < -0.3 is 9.84 Å². The van der Waals surface area contributed by atoms with Crippen molar-refractivity contribution in [1.82, 2.24) is 19.9 Å². The van der Waals surface area contributed by atoms with Gasteiger partial charge in [0, 0.05) is 40.9 Å². The lowest BCUT2D eigenvalue weighted by atomic mass is 10.1. The Hall–Kier alpha value is -3.38. The first kappa shape index (κ1) is 18.6. The van der Waals surface area contributed by atoms with Gasteiger partial charge in [-0.1, -0.05) is 30.3 Å². The van der Waals surface area contributed by atoms with E-state index in [0.717, 1.165) is 34.1 Å². The molecule has 6 heteroatoms. The molecule has 2 unspecified atom stereocenters. The van der Waals surface area contributed by atoms with Crippen LogP contribution in [0.5, 0.6) is 5.88 Å². The van der Waals surface area contributed by atoms with E-state index in [1.165, 1.54) is 0 Å². The van der Waals surface area contributed by atoms with Gasteiger partial charge in [0.2, 0.25) is 5.88 Å². The van der Waals surface area contributed by atoms with Crippen LogP contribution >= 0.6 is 0 Å². The highest BCUT2D eigenvalue weighted by molar-refractivity contribution is 5.78. The van der Waals surface area contributed by atoms with Gasteiger partial charge in [0.1, 0.15) is 5.82 Å². The number of ether oxygens (including phenoxy) is 1. The second-order valence-electron chi connectivity index (χ2n) is 7.67. The molecule has 1 aliphatic carbocycles. The molecule has 0 radical (unpaired) electrons. The average molecular weight is 398 g/mol. The highest BCUT2D eigenvalue weighted by atomic mass is 16.5. The Bertz CT molecular complexity index is 1190. The summed E-state index contributed by atoms with van der Waals surface area (Å²) in [4.78, 5) is 17.9. The molecule has 3 aromatic heterocycles. The Morgan fingerprint density at radius 1 is 1.00 bits per heavy atom. The second-order valence-corrected chi connectivity index (χ2v) is 7.67. The Balaban J connectivity index is 1.31. The van der Waals surface area contributed by atoms with Crippen LogP contribution in [0.3, 0.4) is 0 Å². The molecule has 1 aliphatic rings. The number of aliphatic hydroxyl groups excluding tert-OH is 1. The van der Waals surface area contributed by atoms with Gasteiger partial charge in [0.25, 0.3) is 0 Å². The highest BCUT2D eigenvalue weighted by Crippen LogP contribution is 2.47. The highest BCUT2D eigenvalue weighted by Gasteiger charge is 2.40. The van der Waals surface area contributed by atoms with Gasteiger partial charge in [-0.25, -0.2) is 4.98 Å². The monoisotopic (exact) mass is 398 g/mol. The number of aryl methyl sites for hydroxylation is 1. The van der Waals surface area contributed by atoms with E-state index in [4.69, 9.17) is 9.72 Å². The van der Waals surface area contributed by atoms with Gasteiger partial charge >= 0.3 is 0 Å². The predicted octanol–water partition coefficient (Wildman–Crippen LogP) is 4.07. The minimum absolute atomic E-state index is 0.0834. The van der Waals surface area contributed by atoms with E-state index < -0.39 is 0 Å². The molecule has 0 amide bonds. The molecule has 1 aromatic carbocycles. The maximum atomic E-state index is 9.20. The van der Waals surface area contributed by atoms with Crippen LogP contribution in [0.1, 0.15) is 29.6 Å². The number of nitrogens with zero attached hydrogens (tertiary/aromatic N) is 4. The van der Waals surface area contributed by atoms with Crippen molar-refractivity contribution >= 4 is 10.9 Å². The van der Waals surface area contributed by atoms with Crippen molar-refractivity contribution in [3.8, 4) is 17.0 Å². The van der Waals surface area contributed by atoms with Gasteiger partial charge in [0.15, 0.2) is 0 Å². The van der Waals surface area contributed by atoms with Crippen molar-refractivity contribution in [2.75, 3.05) is 6.61 Å². The second kappa shape index (κ2) is 7.80. The number of para-hydroxylation sites is 1. The lowest BCUT2D eigenvalue weighted by molar-refractivity contribution is 0.277. The third kappa shape index (κ3) is 3.74. The fourth-order valence-corrected chi connectivity index (χ4v) is 3.70. The predicted molar refractivity (Wildman–Crippen MR) is 114 cm³/mol. The van der Waals surface area contributed by atoms with Crippen LogP contribution in [0.4, 0.5) is 0 Å². The lowest BCUT2D eigenvalue weighted by Crippen LogP contribution is -2.06. The maximum absolute atomic E-state index is 9.20. The van der Waals surface area contributed by atoms with Crippen molar-refractivity contribution in [3.05, 3.63) is 78.1 Å². The van der Waals surface area contributed by atoms with Crippen LogP contribution in [0.2, 0.25) is 0 Å². The van der Waals surface area contributed by atoms with E-state index in [2.05, 4.69) is 39.2 Å². The molecule has 30 heavy (non-hydrogen) atoms.